The summed E-state index contributed by atoms with van der Waals surface area (Å²) in [5.41, 5.74) is 0. The van der Waals surface area contributed by atoms with Crippen molar-refractivity contribution in [2.45, 2.75) is 64.1 Å². The highest BCUT2D eigenvalue weighted by Gasteiger charge is 2.34. The molecule has 0 aromatic rings. The summed E-state index contributed by atoms with van der Waals surface area (Å²) in [4.78, 5) is 14.4. The van der Waals surface area contributed by atoms with Gasteiger partial charge >= 0.3 is 0 Å². The summed E-state index contributed by atoms with van der Waals surface area (Å²) in [5.74, 6) is 0.147. The van der Waals surface area contributed by atoms with E-state index in [9.17, 15) is 4.79 Å². The number of nitrogens with one attached hydrogen (secondary N) is 2. The van der Waals surface area contributed by atoms with E-state index in [1.54, 1.807) is 0 Å². The maximum atomic E-state index is 11.8. The van der Waals surface area contributed by atoms with Crippen molar-refractivity contribution in [2.24, 2.45) is 0 Å². The zero-order valence-electron chi connectivity index (χ0n) is 11.7. The van der Waals surface area contributed by atoms with Crippen molar-refractivity contribution in [2.75, 3.05) is 19.6 Å². The van der Waals surface area contributed by atoms with E-state index in [0.29, 0.717) is 6.04 Å². The number of hydrogen-bond acceptors (Lipinski definition) is 3. The fourth-order valence-corrected chi connectivity index (χ4v) is 2.67. The van der Waals surface area contributed by atoms with Crippen LogP contribution >= 0.6 is 0 Å². The quantitative estimate of drug-likeness (QED) is 0.668. The minimum absolute atomic E-state index is 0.0639. The molecule has 0 aromatic carbocycles. The lowest BCUT2D eigenvalue weighted by atomic mass is 10.2. The van der Waals surface area contributed by atoms with Crippen LogP contribution in [0.5, 0.6) is 0 Å². The van der Waals surface area contributed by atoms with Gasteiger partial charge < -0.3 is 10.6 Å². The van der Waals surface area contributed by atoms with Gasteiger partial charge in [0.25, 0.3) is 0 Å². The Balaban J connectivity index is 1.64. The number of rotatable bonds is 7. The van der Waals surface area contributed by atoms with Gasteiger partial charge in [0.05, 0.1) is 6.04 Å². The van der Waals surface area contributed by atoms with Crippen molar-refractivity contribution in [3.63, 3.8) is 0 Å². The Labute approximate surface area is 110 Å². The van der Waals surface area contributed by atoms with Gasteiger partial charge in [-0.05, 0) is 32.6 Å². The second-order valence-electron chi connectivity index (χ2n) is 5.74. The molecule has 1 aliphatic carbocycles. The molecule has 1 heterocycles. The zero-order chi connectivity index (χ0) is 13.0. The molecular formula is C14H27N3O. The Morgan fingerprint density at radius 1 is 1.39 bits per heavy atom. The minimum Gasteiger partial charge on any atom is -0.355 e. The molecule has 0 spiro atoms. The van der Waals surface area contributed by atoms with Crippen LogP contribution in [0.15, 0.2) is 0 Å². The molecule has 2 rings (SSSR count). The number of unbranched alkanes of at least 4 members (excludes halogenated alkanes) is 1. The maximum absolute atomic E-state index is 11.8. The van der Waals surface area contributed by atoms with Crippen molar-refractivity contribution in [3.8, 4) is 0 Å². The van der Waals surface area contributed by atoms with Crippen molar-refractivity contribution in [3.05, 3.63) is 0 Å². The minimum atomic E-state index is -0.0639. The van der Waals surface area contributed by atoms with Crippen LogP contribution in [0, 0.1) is 0 Å². The highest BCUT2D eigenvalue weighted by atomic mass is 16.2. The average Bonchev–Trinajstić information content (AvgIpc) is 3.11. The van der Waals surface area contributed by atoms with Gasteiger partial charge in [0.2, 0.25) is 5.91 Å². The molecule has 2 N–H and O–H groups in total. The van der Waals surface area contributed by atoms with Gasteiger partial charge in [0, 0.05) is 31.7 Å². The molecule has 0 radical (unpaired) electrons. The lowest BCUT2D eigenvalue weighted by Gasteiger charge is -2.20. The lowest BCUT2D eigenvalue weighted by Crippen LogP contribution is -2.47. The summed E-state index contributed by atoms with van der Waals surface area (Å²) in [7, 11) is 0. The van der Waals surface area contributed by atoms with Crippen molar-refractivity contribution < 1.29 is 4.79 Å². The van der Waals surface area contributed by atoms with Crippen LogP contribution in [0.25, 0.3) is 0 Å². The SMILES string of the molecule is CCCCNC(=O)C(C)NC1CCN(C2CC2)C1. The summed E-state index contributed by atoms with van der Waals surface area (Å²) in [5, 5.41) is 6.45. The van der Waals surface area contributed by atoms with Gasteiger partial charge in [0.1, 0.15) is 0 Å². The van der Waals surface area contributed by atoms with Crippen LogP contribution in [0.2, 0.25) is 0 Å². The molecule has 1 saturated heterocycles. The van der Waals surface area contributed by atoms with Crippen LogP contribution in [0.4, 0.5) is 0 Å². The maximum Gasteiger partial charge on any atom is 0.236 e. The van der Waals surface area contributed by atoms with Gasteiger partial charge in [-0.25, -0.2) is 0 Å². The van der Waals surface area contributed by atoms with Gasteiger partial charge in [-0.3, -0.25) is 9.69 Å². The normalized spacial score (nSPS) is 26.2. The molecule has 2 unspecified atom stereocenters. The van der Waals surface area contributed by atoms with Crippen LogP contribution in [0.1, 0.15) is 46.0 Å². The van der Waals surface area contributed by atoms with Gasteiger partial charge in [0.15, 0.2) is 0 Å². The number of amides is 1. The van der Waals surface area contributed by atoms with E-state index in [4.69, 9.17) is 0 Å². The summed E-state index contributed by atoms with van der Waals surface area (Å²) in [6, 6.07) is 1.29. The van der Waals surface area contributed by atoms with E-state index in [0.717, 1.165) is 32.0 Å². The van der Waals surface area contributed by atoms with Crippen molar-refractivity contribution in [1.82, 2.24) is 15.5 Å². The first-order valence-corrected chi connectivity index (χ1v) is 7.48. The lowest BCUT2D eigenvalue weighted by molar-refractivity contribution is -0.122. The van der Waals surface area contributed by atoms with E-state index in [1.807, 2.05) is 6.92 Å². The van der Waals surface area contributed by atoms with E-state index in [1.165, 1.54) is 25.8 Å². The Morgan fingerprint density at radius 2 is 2.17 bits per heavy atom. The molecule has 0 aromatic heterocycles. The first-order chi connectivity index (χ1) is 8.70. The van der Waals surface area contributed by atoms with Crippen molar-refractivity contribution in [1.29, 1.82) is 0 Å². The summed E-state index contributed by atoms with van der Waals surface area (Å²) in [6.07, 6.45) is 6.13. The molecule has 1 saturated carbocycles. The number of carbonyl (C=O) groups is 1. The van der Waals surface area contributed by atoms with Gasteiger partial charge in [-0.15, -0.1) is 0 Å². The third kappa shape index (κ3) is 3.95. The summed E-state index contributed by atoms with van der Waals surface area (Å²) >= 11 is 0. The van der Waals surface area contributed by atoms with Gasteiger partial charge in [-0.2, -0.15) is 0 Å². The molecule has 2 aliphatic rings. The number of hydrogen-bond donors (Lipinski definition) is 2. The Morgan fingerprint density at radius 3 is 2.83 bits per heavy atom. The molecule has 0 bridgehead atoms. The Bertz CT molecular complexity index is 278. The van der Waals surface area contributed by atoms with E-state index >= 15 is 0 Å². The Kier molecular flexibility index (Phi) is 5.01. The molecule has 2 fully saturated rings. The third-order valence-electron chi connectivity index (χ3n) is 3.99. The van der Waals surface area contributed by atoms with Crippen LogP contribution in [-0.4, -0.2) is 48.6 Å². The molecule has 18 heavy (non-hydrogen) atoms. The average molecular weight is 253 g/mol. The zero-order valence-corrected chi connectivity index (χ0v) is 11.7. The highest BCUT2D eigenvalue weighted by molar-refractivity contribution is 5.81. The number of likely N-dealkylation sites (tertiary alicyclic amines) is 1. The van der Waals surface area contributed by atoms with Crippen molar-refractivity contribution >= 4 is 5.91 Å². The van der Waals surface area contributed by atoms with E-state index in [2.05, 4.69) is 22.5 Å². The van der Waals surface area contributed by atoms with Gasteiger partial charge in [-0.1, -0.05) is 13.3 Å². The fraction of sp³-hybridized carbons (Fsp3) is 0.929. The summed E-state index contributed by atoms with van der Waals surface area (Å²) in [6.45, 7) is 7.24. The van der Waals surface area contributed by atoms with E-state index < -0.39 is 0 Å². The largest absolute Gasteiger partial charge is 0.355 e. The monoisotopic (exact) mass is 253 g/mol. The molecule has 2 atom stereocenters. The predicted molar refractivity (Wildman–Crippen MR) is 73.5 cm³/mol. The Hall–Kier alpha value is -0.610. The third-order valence-corrected chi connectivity index (χ3v) is 3.99. The highest BCUT2D eigenvalue weighted by Crippen LogP contribution is 2.29. The molecule has 4 nitrogen and oxygen atoms in total. The standard InChI is InChI=1S/C14H27N3O/c1-3-4-8-15-14(18)11(2)16-12-7-9-17(10-12)13-5-6-13/h11-13,16H,3-10H2,1-2H3,(H,15,18). The first kappa shape index (κ1) is 13.8. The fourth-order valence-electron chi connectivity index (χ4n) is 2.67. The number of carbonyl (C=O) groups excluding carboxylic acids is 1. The molecular weight excluding hydrogens is 226 g/mol. The second-order valence-corrected chi connectivity index (χ2v) is 5.74. The first-order valence-electron chi connectivity index (χ1n) is 7.48. The van der Waals surface area contributed by atoms with Crippen LogP contribution in [0.3, 0.4) is 0 Å². The van der Waals surface area contributed by atoms with E-state index in [-0.39, 0.29) is 11.9 Å². The van der Waals surface area contributed by atoms with Crippen LogP contribution < -0.4 is 10.6 Å². The topological polar surface area (TPSA) is 44.4 Å². The molecule has 1 aliphatic heterocycles. The molecule has 4 heteroatoms. The second kappa shape index (κ2) is 6.53. The summed E-state index contributed by atoms with van der Waals surface area (Å²) < 4.78 is 0. The van der Waals surface area contributed by atoms with Crippen LogP contribution in [-0.2, 0) is 4.79 Å². The predicted octanol–water partition coefficient (Wildman–Crippen LogP) is 1.12. The smallest absolute Gasteiger partial charge is 0.236 e. The molecule has 1 amide bonds. The number of nitrogens with zero attached hydrogens (tertiary/aromatic N) is 1. The molecule has 104 valence electrons.